The molecule has 0 unspecified atom stereocenters. The third-order valence-corrected chi connectivity index (χ3v) is 3.38. The number of ether oxygens (including phenoxy) is 1. The Hall–Kier alpha value is -3.68. The molecule has 0 fully saturated rings. The van der Waals surface area contributed by atoms with E-state index in [0.29, 0.717) is 23.6 Å². The van der Waals surface area contributed by atoms with Crippen LogP contribution in [0.4, 0.5) is 11.4 Å². The van der Waals surface area contributed by atoms with E-state index in [1.54, 1.807) is 30.3 Å². The monoisotopic (exact) mass is 369 g/mol. The first kappa shape index (κ1) is 19.6. The standard InChI is InChI=1S/C19H19N3O5/c1-3-27-18-10-5-4-9-16(18)21-19(24)17(20-13(2)23)12-14-7-6-8-15(11-14)22(25)26/h4-12H,3H2,1-2H3,(H,20,23)(H,21,24). The number of carbonyl (C=O) groups is 2. The van der Waals surface area contributed by atoms with Crippen molar-refractivity contribution in [1.82, 2.24) is 5.32 Å². The van der Waals surface area contributed by atoms with Crippen LogP contribution in [-0.4, -0.2) is 23.3 Å². The van der Waals surface area contributed by atoms with E-state index in [4.69, 9.17) is 4.74 Å². The molecule has 0 saturated heterocycles. The molecule has 0 aliphatic heterocycles. The van der Waals surface area contributed by atoms with Gasteiger partial charge in [0.25, 0.3) is 11.6 Å². The van der Waals surface area contributed by atoms with Gasteiger partial charge in [-0.05, 0) is 30.7 Å². The van der Waals surface area contributed by atoms with E-state index in [1.165, 1.54) is 31.2 Å². The summed E-state index contributed by atoms with van der Waals surface area (Å²) in [6, 6.07) is 12.6. The van der Waals surface area contributed by atoms with Gasteiger partial charge in [0.15, 0.2) is 0 Å². The molecule has 2 N–H and O–H groups in total. The molecule has 0 saturated carbocycles. The van der Waals surface area contributed by atoms with Gasteiger partial charge >= 0.3 is 0 Å². The SMILES string of the molecule is CCOc1ccccc1NC(=O)C(=Cc1cccc([N+](=O)[O-])c1)NC(C)=O. The first-order chi connectivity index (χ1) is 12.9. The maximum absolute atomic E-state index is 12.6. The molecule has 0 aliphatic rings. The maximum Gasteiger partial charge on any atom is 0.272 e. The number of carbonyl (C=O) groups excluding carboxylic acids is 2. The summed E-state index contributed by atoms with van der Waals surface area (Å²) in [7, 11) is 0. The second-order valence-electron chi connectivity index (χ2n) is 5.47. The lowest BCUT2D eigenvalue weighted by Gasteiger charge is -2.13. The Morgan fingerprint density at radius 3 is 2.59 bits per heavy atom. The molecule has 2 rings (SSSR count). The lowest BCUT2D eigenvalue weighted by Crippen LogP contribution is -2.29. The largest absolute Gasteiger partial charge is 0.492 e. The first-order valence-electron chi connectivity index (χ1n) is 8.17. The lowest BCUT2D eigenvalue weighted by atomic mass is 10.1. The smallest absolute Gasteiger partial charge is 0.272 e. The van der Waals surface area contributed by atoms with Gasteiger partial charge in [0, 0.05) is 19.1 Å². The number of nitro benzene ring substituents is 1. The van der Waals surface area contributed by atoms with E-state index in [1.807, 2.05) is 6.92 Å². The van der Waals surface area contributed by atoms with Crippen LogP contribution in [0, 0.1) is 10.1 Å². The molecule has 8 heteroatoms. The van der Waals surface area contributed by atoms with Crippen LogP contribution in [0.1, 0.15) is 19.4 Å². The molecule has 0 aromatic heterocycles. The zero-order chi connectivity index (χ0) is 19.8. The van der Waals surface area contributed by atoms with Crippen molar-refractivity contribution in [3.63, 3.8) is 0 Å². The summed E-state index contributed by atoms with van der Waals surface area (Å²) in [5, 5.41) is 16.0. The third kappa shape index (κ3) is 5.67. The first-order valence-corrected chi connectivity index (χ1v) is 8.17. The summed E-state index contributed by atoms with van der Waals surface area (Å²) >= 11 is 0. The molecule has 2 aromatic carbocycles. The second-order valence-corrected chi connectivity index (χ2v) is 5.47. The van der Waals surface area contributed by atoms with Crippen molar-refractivity contribution in [3.05, 3.63) is 69.9 Å². The van der Waals surface area contributed by atoms with Crippen molar-refractivity contribution in [2.24, 2.45) is 0 Å². The number of nitrogens with zero attached hydrogens (tertiary/aromatic N) is 1. The van der Waals surface area contributed by atoms with Crippen molar-refractivity contribution in [2.75, 3.05) is 11.9 Å². The van der Waals surface area contributed by atoms with Crippen LogP contribution in [0.5, 0.6) is 5.75 Å². The predicted molar refractivity (Wildman–Crippen MR) is 101 cm³/mol. The zero-order valence-corrected chi connectivity index (χ0v) is 14.9. The summed E-state index contributed by atoms with van der Waals surface area (Å²) in [5.74, 6) is -0.533. The molecule has 0 heterocycles. The van der Waals surface area contributed by atoms with Crippen molar-refractivity contribution < 1.29 is 19.2 Å². The third-order valence-electron chi connectivity index (χ3n) is 3.38. The Morgan fingerprint density at radius 2 is 1.93 bits per heavy atom. The number of benzene rings is 2. The number of amides is 2. The summed E-state index contributed by atoms with van der Waals surface area (Å²) < 4.78 is 5.46. The second kappa shape index (κ2) is 9.14. The van der Waals surface area contributed by atoms with Gasteiger partial charge in [-0.3, -0.25) is 19.7 Å². The van der Waals surface area contributed by atoms with E-state index in [0.717, 1.165) is 0 Å². The highest BCUT2D eigenvalue weighted by molar-refractivity contribution is 6.09. The fourth-order valence-electron chi connectivity index (χ4n) is 2.28. The maximum atomic E-state index is 12.6. The van der Waals surface area contributed by atoms with Crippen molar-refractivity contribution in [2.45, 2.75) is 13.8 Å². The Bertz CT molecular complexity index is 892. The minimum Gasteiger partial charge on any atom is -0.492 e. The molecule has 0 atom stereocenters. The van der Waals surface area contributed by atoms with Crippen molar-refractivity contribution in [3.8, 4) is 5.75 Å². The molecule has 8 nitrogen and oxygen atoms in total. The fourth-order valence-corrected chi connectivity index (χ4v) is 2.28. The van der Waals surface area contributed by atoms with Crippen LogP contribution < -0.4 is 15.4 Å². The molecule has 0 radical (unpaired) electrons. The van der Waals surface area contributed by atoms with Crippen LogP contribution in [0.25, 0.3) is 6.08 Å². The topological polar surface area (TPSA) is 111 Å². The summed E-state index contributed by atoms with van der Waals surface area (Å²) in [4.78, 5) is 34.5. The van der Waals surface area contributed by atoms with Crippen LogP contribution in [-0.2, 0) is 9.59 Å². The number of hydrogen-bond donors (Lipinski definition) is 2. The zero-order valence-electron chi connectivity index (χ0n) is 14.9. The van der Waals surface area contributed by atoms with Crippen molar-refractivity contribution >= 4 is 29.3 Å². The van der Waals surface area contributed by atoms with Gasteiger partial charge in [-0.2, -0.15) is 0 Å². The molecule has 27 heavy (non-hydrogen) atoms. The van der Waals surface area contributed by atoms with Gasteiger partial charge in [-0.1, -0.05) is 24.3 Å². The predicted octanol–water partition coefficient (Wildman–Crippen LogP) is 3.11. The molecule has 0 bridgehead atoms. The van der Waals surface area contributed by atoms with Gasteiger partial charge in [0.1, 0.15) is 11.4 Å². The Labute approximate surface area is 156 Å². The lowest BCUT2D eigenvalue weighted by molar-refractivity contribution is -0.384. The summed E-state index contributed by atoms with van der Waals surface area (Å²) in [5.41, 5.74) is 0.683. The van der Waals surface area contributed by atoms with Gasteiger partial charge in [-0.15, -0.1) is 0 Å². The molecule has 2 amide bonds. The quantitative estimate of drug-likeness (QED) is 0.443. The van der Waals surface area contributed by atoms with Crippen LogP contribution >= 0.6 is 0 Å². The highest BCUT2D eigenvalue weighted by Gasteiger charge is 2.15. The Morgan fingerprint density at radius 1 is 1.19 bits per heavy atom. The number of para-hydroxylation sites is 2. The highest BCUT2D eigenvalue weighted by atomic mass is 16.6. The van der Waals surface area contributed by atoms with Gasteiger partial charge < -0.3 is 15.4 Å². The van der Waals surface area contributed by atoms with E-state index >= 15 is 0 Å². The van der Waals surface area contributed by atoms with E-state index in [-0.39, 0.29) is 11.4 Å². The number of hydrogen-bond acceptors (Lipinski definition) is 5. The molecular formula is C19H19N3O5. The van der Waals surface area contributed by atoms with Gasteiger partial charge in [-0.25, -0.2) is 0 Å². The highest BCUT2D eigenvalue weighted by Crippen LogP contribution is 2.24. The van der Waals surface area contributed by atoms with Crippen LogP contribution in [0.15, 0.2) is 54.2 Å². The number of nitrogens with one attached hydrogen (secondary N) is 2. The average molecular weight is 369 g/mol. The van der Waals surface area contributed by atoms with E-state index in [9.17, 15) is 19.7 Å². The minimum absolute atomic E-state index is 0.0469. The molecular weight excluding hydrogens is 350 g/mol. The van der Waals surface area contributed by atoms with E-state index < -0.39 is 16.7 Å². The van der Waals surface area contributed by atoms with Gasteiger partial charge in [0.2, 0.25) is 5.91 Å². The number of non-ortho nitro benzene ring substituents is 1. The number of rotatable bonds is 7. The number of nitro groups is 1. The molecule has 0 aliphatic carbocycles. The molecule has 2 aromatic rings. The summed E-state index contributed by atoms with van der Waals surface area (Å²) in [6.07, 6.45) is 1.37. The average Bonchev–Trinajstić information content (AvgIpc) is 2.63. The molecule has 0 spiro atoms. The minimum atomic E-state index is -0.580. The van der Waals surface area contributed by atoms with Crippen molar-refractivity contribution in [1.29, 1.82) is 0 Å². The normalized spacial score (nSPS) is 10.8. The molecule has 140 valence electrons. The van der Waals surface area contributed by atoms with Gasteiger partial charge in [0.05, 0.1) is 17.2 Å². The van der Waals surface area contributed by atoms with Crippen LogP contribution in [0.3, 0.4) is 0 Å². The number of anilines is 1. The fraction of sp³-hybridized carbons (Fsp3) is 0.158. The Kier molecular flexibility index (Phi) is 6.65. The summed E-state index contributed by atoms with van der Waals surface area (Å²) in [6.45, 7) is 3.52. The van der Waals surface area contributed by atoms with E-state index in [2.05, 4.69) is 10.6 Å². The Balaban J connectivity index is 2.33. The van der Waals surface area contributed by atoms with Crippen LogP contribution in [0.2, 0.25) is 0 Å².